The summed E-state index contributed by atoms with van der Waals surface area (Å²) < 4.78 is 6.87. The van der Waals surface area contributed by atoms with Crippen LogP contribution in [0.15, 0.2) is 16.9 Å². The number of rotatable bonds is 2. The molecule has 0 fully saturated rings. The molecule has 2 aromatic heterocycles. The second-order valence-electron chi connectivity index (χ2n) is 3.66. The molecule has 2 rings (SSSR count). The minimum Gasteiger partial charge on any atom is -0.472 e. The van der Waals surface area contributed by atoms with Crippen LogP contribution in [-0.2, 0) is 13.5 Å². The highest BCUT2D eigenvalue weighted by molar-refractivity contribution is 5.70. The third-order valence-corrected chi connectivity index (χ3v) is 2.66. The molecule has 2 N–H and O–H groups in total. The molecule has 0 amide bonds. The van der Waals surface area contributed by atoms with Crippen LogP contribution >= 0.6 is 0 Å². The third-order valence-electron chi connectivity index (χ3n) is 2.66. The number of nitrogen functional groups attached to an aromatic ring is 1. The van der Waals surface area contributed by atoms with Crippen molar-refractivity contribution in [2.45, 2.75) is 20.3 Å². The van der Waals surface area contributed by atoms with Gasteiger partial charge in [0.1, 0.15) is 11.5 Å². The molecular weight excluding hydrogens is 190 g/mol. The Labute approximate surface area is 88.7 Å². The Balaban J connectivity index is 2.63. The van der Waals surface area contributed by atoms with Crippen molar-refractivity contribution in [1.82, 2.24) is 9.78 Å². The lowest BCUT2D eigenvalue weighted by Crippen LogP contribution is -1.98. The first kappa shape index (κ1) is 9.83. The summed E-state index contributed by atoms with van der Waals surface area (Å²) in [5, 5.41) is 4.42. The van der Waals surface area contributed by atoms with Crippen LogP contribution in [0, 0.1) is 6.92 Å². The van der Waals surface area contributed by atoms with Gasteiger partial charge in [-0.25, -0.2) is 0 Å². The molecule has 4 heteroatoms. The van der Waals surface area contributed by atoms with Gasteiger partial charge in [0.25, 0.3) is 0 Å². The van der Waals surface area contributed by atoms with E-state index < -0.39 is 0 Å². The number of nitrogens with zero attached hydrogens (tertiary/aromatic N) is 2. The zero-order valence-electron chi connectivity index (χ0n) is 9.24. The van der Waals surface area contributed by atoms with E-state index in [4.69, 9.17) is 10.2 Å². The molecule has 0 aliphatic carbocycles. The summed E-state index contributed by atoms with van der Waals surface area (Å²) in [5.74, 6) is 0.730. The highest BCUT2D eigenvalue weighted by atomic mass is 16.3. The van der Waals surface area contributed by atoms with Gasteiger partial charge in [-0.15, -0.1) is 0 Å². The quantitative estimate of drug-likeness (QED) is 0.817. The van der Waals surface area contributed by atoms with E-state index in [-0.39, 0.29) is 0 Å². The van der Waals surface area contributed by atoms with Crippen molar-refractivity contribution in [3.63, 3.8) is 0 Å². The van der Waals surface area contributed by atoms with Crippen molar-refractivity contribution in [3.05, 3.63) is 23.7 Å². The van der Waals surface area contributed by atoms with Crippen molar-refractivity contribution < 1.29 is 4.42 Å². The SMILES string of the molecule is CCc1c(-c2cocc2C)nn(C)c1N. The predicted molar refractivity (Wildman–Crippen MR) is 59.4 cm³/mol. The average Bonchev–Trinajstić information content (AvgIpc) is 2.73. The van der Waals surface area contributed by atoms with E-state index in [9.17, 15) is 0 Å². The molecule has 0 aromatic carbocycles. The maximum atomic E-state index is 5.94. The molecule has 0 aliphatic heterocycles. The fraction of sp³-hybridized carbons (Fsp3) is 0.364. The van der Waals surface area contributed by atoms with Crippen molar-refractivity contribution in [2.75, 3.05) is 5.73 Å². The molecular formula is C11H15N3O. The van der Waals surface area contributed by atoms with E-state index in [1.54, 1.807) is 17.2 Å². The Morgan fingerprint density at radius 3 is 2.73 bits per heavy atom. The van der Waals surface area contributed by atoms with Crippen molar-refractivity contribution in [2.24, 2.45) is 7.05 Å². The van der Waals surface area contributed by atoms with E-state index in [2.05, 4.69) is 12.0 Å². The van der Waals surface area contributed by atoms with Gasteiger partial charge in [-0.05, 0) is 18.9 Å². The molecule has 15 heavy (non-hydrogen) atoms. The Hall–Kier alpha value is -1.71. The van der Waals surface area contributed by atoms with Gasteiger partial charge >= 0.3 is 0 Å². The molecule has 0 spiro atoms. The number of hydrogen-bond acceptors (Lipinski definition) is 3. The molecule has 0 aliphatic rings. The van der Waals surface area contributed by atoms with Gasteiger partial charge < -0.3 is 10.2 Å². The maximum Gasteiger partial charge on any atom is 0.125 e. The van der Waals surface area contributed by atoms with Crippen LogP contribution < -0.4 is 5.73 Å². The zero-order chi connectivity index (χ0) is 11.0. The summed E-state index contributed by atoms with van der Waals surface area (Å²) >= 11 is 0. The van der Waals surface area contributed by atoms with Crippen LogP contribution in [-0.4, -0.2) is 9.78 Å². The number of nitrogens with two attached hydrogens (primary N) is 1. The lowest BCUT2D eigenvalue weighted by molar-refractivity contribution is 0.566. The van der Waals surface area contributed by atoms with Gasteiger partial charge in [-0.1, -0.05) is 6.92 Å². The van der Waals surface area contributed by atoms with Gasteiger partial charge in [0, 0.05) is 18.2 Å². The normalized spacial score (nSPS) is 10.9. The Morgan fingerprint density at radius 1 is 1.47 bits per heavy atom. The Bertz CT molecular complexity index is 482. The van der Waals surface area contributed by atoms with Gasteiger partial charge in [0.15, 0.2) is 0 Å². The summed E-state index contributed by atoms with van der Waals surface area (Å²) in [6, 6.07) is 0. The first-order valence-electron chi connectivity index (χ1n) is 4.99. The minimum atomic E-state index is 0.730. The van der Waals surface area contributed by atoms with Gasteiger partial charge in [0.05, 0.1) is 12.5 Å². The van der Waals surface area contributed by atoms with E-state index in [0.717, 1.165) is 34.6 Å². The second-order valence-corrected chi connectivity index (χ2v) is 3.66. The van der Waals surface area contributed by atoms with Crippen molar-refractivity contribution >= 4 is 5.82 Å². The van der Waals surface area contributed by atoms with Crippen LogP contribution in [0.1, 0.15) is 18.1 Å². The molecule has 0 atom stereocenters. The van der Waals surface area contributed by atoms with Crippen LogP contribution in [0.25, 0.3) is 11.3 Å². The lowest BCUT2D eigenvalue weighted by atomic mass is 10.1. The minimum absolute atomic E-state index is 0.730. The molecule has 0 saturated carbocycles. The molecule has 2 aromatic rings. The molecule has 2 heterocycles. The number of hydrogen-bond donors (Lipinski definition) is 1. The summed E-state index contributed by atoms with van der Waals surface area (Å²) in [6.45, 7) is 4.08. The summed E-state index contributed by atoms with van der Waals surface area (Å²) in [5.41, 5.74) is 10.1. The molecule has 0 unspecified atom stereocenters. The third kappa shape index (κ3) is 1.42. The lowest BCUT2D eigenvalue weighted by Gasteiger charge is -1.98. The van der Waals surface area contributed by atoms with Crippen molar-refractivity contribution in [3.8, 4) is 11.3 Å². The summed E-state index contributed by atoms with van der Waals surface area (Å²) in [4.78, 5) is 0. The maximum absolute atomic E-state index is 5.94. The van der Waals surface area contributed by atoms with E-state index >= 15 is 0 Å². The highest BCUT2D eigenvalue weighted by Gasteiger charge is 2.16. The Morgan fingerprint density at radius 2 is 2.20 bits per heavy atom. The molecule has 0 saturated heterocycles. The van der Waals surface area contributed by atoms with E-state index in [0.29, 0.717) is 0 Å². The highest BCUT2D eigenvalue weighted by Crippen LogP contribution is 2.29. The fourth-order valence-electron chi connectivity index (χ4n) is 1.75. The standard InChI is InChI=1S/C11H15N3O/c1-4-8-10(13-14(3)11(8)12)9-6-15-5-7(9)2/h5-6H,4,12H2,1-3H3. The predicted octanol–water partition coefficient (Wildman–Crippen LogP) is 2.13. The first-order valence-corrected chi connectivity index (χ1v) is 4.99. The number of aromatic nitrogens is 2. The first-order chi connectivity index (χ1) is 7.15. The summed E-state index contributed by atoms with van der Waals surface area (Å²) in [6.07, 6.45) is 4.32. The monoisotopic (exact) mass is 205 g/mol. The van der Waals surface area contributed by atoms with Crippen LogP contribution in [0.3, 0.4) is 0 Å². The van der Waals surface area contributed by atoms with E-state index in [1.165, 1.54) is 0 Å². The fourth-order valence-corrected chi connectivity index (χ4v) is 1.75. The summed E-state index contributed by atoms with van der Waals surface area (Å²) in [7, 11) is 1.85. The smallest absolute Gasteiger partial charge is 0.125 e. The van der Waals surface area contributed by atoms with Gasteiger partial charge in [-0.2, -0.15) is 5.10 Å². The second kappa shape index (κ2) is 3.46. The van der Waals surface area contributed by atoms with E-state index in [1.807, 2.05) is 14.0 Å². The number of aryl methyl sites for hydroxylation is 2. The Kier molecular flexibility index (Phi) is 2.26. The van der Waals surface area contributed by atoms with Crippen LogP contribution in [0.4, 0.5) is 5.82 Å². The van der Waals surface area contributed by atoms with Crippen LogP contribution in [0.5, 0.6) is 0 Å². The topological polar surface area (TPSA) is 57.0 Å². The number of furan rings is 1. The van der Waals surface area contributed by atoms with Crippen LogP contribution in [0.2, 0.25) is 0 Å². The van der Waals surface area contributed by atoms with Gasteiger partial charge in [0.2, 0.25) is 0 Å². The number of anilines is 1. The zero-order valence-corrected chi connectivity index (χ0v) is 9.24. The van der Waals surface area contributed by atoms with Gasteiger partial charge in [-0.3, -0.25) is 4.68 Å². The molecule has 4 nitrogen and oxygen atoms in total. The molecule has 0 bridgehead atoms. The molecule has 0 radical (unpaired) electrons. The molecule has 80 valence electrons. The van der Waals surface area contributed by atoms with Crippen molar-refractivity contribution in [1.29, 1.82) is 0 Å². The average molecular weight is 205 g/mol. The largest absolute Gasteiger partial charge is 0.472 e.